The van der Waals surface area contributed by atoms with Crippen molar-refractivity contribution >= 4 is 27.5 Å². The van der Waals surface area contributed by atoms with Crippen molar-refractivity contribution in [3.05, 3.63) is 84.4 Å². The van der Waals surface area contributed by atoms with Gasteiger partial charge in [0.25, 0.3) is 10.0 Å². The molecule has 2 amide bonds. The van der Waals surface area contributed by atoms with Crippen LogP contribution in [-0.4, -0.2) is 58.5 Å². The van der Waals surface area contributed by atoms with Crippen molar-refractivity contribution in [2.75, 3.05) is 31.6 Å². The zero-order valence-electron chi connectivity index (χ0n) is 22.0. The third-order valence-electron chi connectivity index (χ3n) is 5.99. The molecule has 38 heavy (non-hydrogen) atoms. The van der Waals surface area contributed by atoms with E-state index in [-0.39, 0.29) is 28.8 Å². The first kappa shape index (κ1) is 28.5. The summed E-state index contributed by atoms with van der Waals surface area (Å²) in [5, 5.41) is 2.74. The van der Waals surface area contributed by atoms with E-state index in [1.807, 2.05) is 30.3 Å². The van der Waals surface area contributed by atoms with Crippen molar-refractivity contribution in [3.63, 3.8) is 0 Å². The van der Waals surface area contributed by atoms with Crippen molar-refractivity contribution in [2.24, 2.45) is 0 Å². The summed E-state index contributed by atoms with van der Waals surface area (Å²) in [6, 6.07) is 20.8. The van der Waals surface area contributed by atoms with E-state index in [4.69, 9.17) is 9.47 Å². The van der Waals surface area contributed by atoms with Gasteiger partial charge in [-0.15, -0.1) is 0 Å². The van der Waals surface area contributed by atoms with Gasteiger partial charge < -0.3 is 19.7 Å². The average Bonchev–Trinajstić information content (AvgIpc) is 2.94. The molecule has 3 aromatic rings. The fourth-order valence-electron chi connectivity index (χ4n) is 3.91. The minimum absolute atomic E-state index is 0.0246. The second kappa shape index (κ2) is 13.0. The minimum Gasteiger partial charge on any atom is -0.497 e. The molecule has 0 aromatic heterocycles. The molecule has 0 aliphatic rings. The van der Waals surface area contributed by atoms with Crippen LogP contribution in [0.5, 0.6) is 11.5 Å². The smallest absolute Gasteiger partial charge is 0.264 e. The number of rotatable bonds is 12. The van der Waals surface area contributed by atoms with Crippen molar-refractivity contribution in [1.29, 1.82) is 0 Å². The van der Waals surface area contributed by atoms with Crippen LogP contribution in [-0.2, 0) is 26.2 Å². The molecule has 0 radical (unpaired) electrons. The highest BCUT2D eigenvalue weighted by Gasteiger charge is 2.33. The first-order valence-electron chi connectivity index (χ1n) is 12.1. The van der Waals surface area contributed by atoms with E-state index in [1.54, 1.807) is 38.1 Å². The Morgan fingerprint density at radius 3 is 2.13 bits per heavy atom. The molecule has 202 valence electrons. The van der Waals surface area contributed by atoms with Crippen molar-refractivity contribution < 1.29 is 27.5 Å². The van der Waals surface area contributed by atoms with Gasteiger partial charge >= 0.3 is 0 Å². The van der Waals surface area contributed by atoms with E-state index < -0.39 is 28.5 Å². The maximum atomic E-state index is 13.9. The Hall–Kier alpha value is -4.05. The molecule has 9 nitrogen and oxygen atoms in total. The summed E-state index contributed by atoms with van der Waals surface area (Å²) in [6.45, 7) is 3.39. The van der Waals surface area contributed by atoms with E-state index in [0.717, 1.165) is 9.87 Å². The Bertz CT molecular complexity index is 1330. The number of likely N-dealkylation sites (N-methyl/N-ethyl adjacent to an activating group) is 1. The van der Waals surface area contributed by atoms with Crippen LogP contribution in [0.2, 0.25) is 0 Å². The third-order valence-corrected chi connectivity index (χ3v) is 7.77. The van der Waals surface area contributed by atoms with Crippen LogP contribution >= 0.6 is 0 Å². The highest BCUT2D eigenvalue weighted by atomic mass is 32.2. The number of carbonyl (C=O) groups is 2. The molecule has 0 aliphatic heterocycles. The molecule has 0 aliphatic carbocycles. The molecule has 0 heterocycles. The number of hydrogen-bond donors (Lipinski definition) is 1. The Kier molecular flexibility index (Phi) is 9.72. The lowest BCUT2D eigenvalue weighted by Gasteiger charge is -2.32. The average molecular weight is 540 g/mol. The highest BCUT2D eigenvalue weighted by Crippen LogP contribution is 2.33. The lowest BCUT2D eigenvalue weighted by Crippen LogP contribution is -2.51. The van der Waals surface area contributed by atoms with Gasteiger partial charge in [0, 0.05) is 13.1 Å². The fraction of sp³-hybridized carbons (Fsp3) is 0.286. The molecular formula is C28H33N3O6S. The van der Waals surface area contributed by atoms with Crippen LogP contribution in [0.3, 0.4) is 0 Å². The number of ether oxygens (including phenoxy) is 2. The minimum atomic E-state index is -4.22. The number of methoxy groups -OCH3 is 2. The predicted octanol–water partition coefficient (Wildman–Crippen LogP) is 3.45. The number of carbonyl (C=O) groups excluding carboxylic acids is 2. The molecule has 0 unspecified atom stereocenters. The number of hydrogen-bond acceptors (Lipinski definition) is 6. The normalized spacial score (nSPS) is 11.8. The van der Waals surface area contributed by atoms with Crippen LogP contribution < -0.4 is 19.1 Å². The van der Waals surface area contributed by atoms with Crippen LogP contribution in [0.1, 0.15) is 19.4 Å². The number of nitrogens with zero attached hydrogens (tertiary/aromatic N) is 2. The van der Waals surface area contributed by atoms with E-state index in [9.17, 15) is 18.0 Å². The predicted molar refractivity (Wildman–Crippen MR) is 146 cm³/mol. The van der Waals surface area contributed by atoms with Crippen molar-refractivity contribution in [1.82, 2.24) is 10.2 Å². The van der Waals surface area contributed by atoms with E-state index >= 15 is 0 Å². The SMILES string of the molecule is CCNC(=O)[C@H](C)N(Cc1ccccc1)C(=O)CN(c1ccccc1OC)S(=O)(=O)c1ccc(OC)cc1. The van der Waals surface area contributed by atoms with Crippen LogP contribution in [0.4, 0.5) is 5.69 Å². The van der Waals surface area contributed by atoms with Gasteiger partial charge in [-0.3, -0.25) is 13.9 Å². The highest BCUT2D eigenvalue weighted by molar-refractivity contribution is 7.92. The molecule has 0 bridgehead atoms. The fourth-order valence-corrected chi connectivity index (χ4v) is 5.33. The Balaban J connectivity index is 2.06. The number of benzene rings is 3. The summed E-state index contributed by atoms with van der Waals surface area (Å²) < 4.78 is 39.4. The first-order chi connectivity index (χ1) is 18.2. The summed E-state index contributed by atoms with van der Waals surface area (Å²) in [5.41, 5.74) is 1.00. The van der Waals surface area contributed by atoms with E-state index in [0.29, 0.717) is 12.3 Å². The van der Waals surface area contributed by atoms with Crippen molar-refractivity contribution in [3.8, 4) is 11.5 Å². The molecule has 0 fully saturated rings. The molecule has 0 saturated heterocycles. The maximum Gasteiger partial charge on any atom is 0.264 e. The molecule has 1 atom stereocenters. The van der Waals surface area contributed by atoms with Gasteiger partial charge in [0.2, 0.25) is 11.8 Å². The Labute approximate surface area is 224 Å². The lowest BCUT2D eigenvalue weighted by molar-refractivity contribution is -0.139. The van der Waals surface area contributed by atoms with Gasteiger partial charge in [0.1, 0.15) is 24.1 Å². The summed E-state index contributed by atoms with van der Waals surface area (Å²) >= 11 is 0. The zero-order valence-corrected chi connectivity index (χ0v) is 22.8. The monoisotopic (exact) mass is 539 g/mol. The molecule has 1 N–H and O–H groups in total. The standard InChI is InChI=1S/C28H33N3O6S/c1-5-29-28(33)21(2)30(19-22-11-7-6-8-12-22)27(32)20-31(25-13-9-10-14-26(25)37-4)38(34,35)24-17-15-23(36-3)16-18-24/h6-18,21H,5,19-20H2,1-4H3,(H,29,33)/t21-/m0/s1. The third kappa shape index (κ3) is 6.63. The molecular weight excluding hydrogens is 506 g/mol. The zero-order chi connectivity index (χ0) is 27.7. The van der Waals surface area contributed by atoms with Gasteiger partial charge in [-0.2, -0.15) is 0 Å². The van der Waals surface area contributed by atoms with Crippen LogP contribution in [0.15, 0.2) is 83.8 Å². The first-order valence-corrected chi connectivity index (χ1v) is 13.6. The molecule has 3 aromatic carbocycles. The molecule has 0 saturated carbocycles. The molecule has 0 spiro atoms. The van der Waals surface area contributed by atoms with Crippen molar-refractivity contribution in [2.45, 2.75) is 31.3 Å². The molecule has 3 rings (SSSR count). The maximum absolute atomic E-state index is 13.9. The molecule has 10 heteroatoms. The second-order valence-corrected chi connectivity index (χ2v) is 10.3. The Morgan fingerprint density at radius 1 is 0.895 bits per heavy atom. The van der Waals surface area contributed by atoms with E-state index in [1.165, 1.54) is 43.4 Å². The lowest BCUT2D eigenvalue weighted by atomic mass is 10.1. The summed E-state index contributed by atoms with van der Waals surface area (Å²) in [7, 11) is -1.30. The summed E-state index contributed by atoms with van der Waals surface area (Å²) in [4.78, 5) is 27.9. The van der Waals surface area contributed by atoms with Gasteiger partial charge in [-0.05, 0) is 55.8 Å². The quantitative estimate of drug-likeness (QED) is 0.378. The number of sulfonamides is 1. The van der Waals surface area contributed by atoms with Gasteiger partial charge in [0.05, 0.1) is 24.8 Å². The number of para-hydroxylation sites is 2. The number of amides is 2. The number of anilines is 1. The van der Waals surface area contributed by atoms with E-state index in [2.05, 4.69) is 5.32 Å². The number of nitrogens with one attached hydrogen (secondary N) is 1. The largest absolute Gasteiger partial charge is 0.497 e. The summed E-state index contributed by atoms with van der Waals surface area (Å²) in [5.74, 6) is -0.105. The Morgan fingerprint density at radius 2 is 1.53 bits per heavy atom. The van der Waals surface area contributed by atoms with Gasteiger partial charge in [-0.1, -0.05) is 42.5 Å². The summed E-state index contributed by atoms with van der Waals surface area (Å²) in [6.07, 6.45) is 0. The second-order valence-electron chi connectivity index (χ2n) is 8.44. The topological polar surface area (TPSA) is 105 Å². The van der Waals surface area contributed by atoms with Crippen LogP contribution in [0, 0.1) is 0 Å². The van der Waals surface area contributed by atoms with Crippen LogP contribution in [0.25, 0.3) is 0 Å². The van der Waals surface area contributed by atoms with Gasteiger partial charge in [0.15, 0.2) is 0 Å². The van der Waals surface area contributed by atoms with Gasteiger partial charge in [-0.25, -0.2) is 8.42 Å².